The summed E-state index contributed by atoms with van der Waals surface area (Å²) in [5, 5.41) is 4.49. The Morgan fingerprint density at radius 1 is 0.643 bits per heavy atom. The van der Waals surface area contributed by atoms with Crippen LogP contribution in [-0.4, -0.2) is 43.2 Å². The molecule has 2 heterocycles. The lowest BCUT2D eigenvalue weighted by Gasteiger charge is -2.48. The minimum atomic E-state index is -1.28. The summed E-state index contributed by atoms with van der Waals surface area (Å²) in [5.74, 6) is -1.28. The fraction of sp³-hybridized carbons (Fsp3) is 0.286. The summed E-state index contributed by atoms with van der Waals surface area (Å²) in [7, 11) is 1.60. The Bertz CT molecular complexity index is 1420. The average molecular weight is 566 g/mol. The van der Waals surface area contributed by atoms with Crippen molar-refractivity contribution in [3.05, 3.63) is 144 Å². The van der Waals surface area contributed by atoms with Crippen LogP contribution >= 0.6 is 0 Å². The van der Waals surface area contributed by atoms with Crippen molar-refractivity contribution >= 4 is 5.71 Å². The monoisotopic (exact) mass is 565 g/mol. The second kappa shape index (κ2) is 13.4. The van der Waals surface area contributed by atoms with Crippen molar-refractivity contribution in [3.63, 3.8) is 0 Å². The maximum Gasteiger partial charge on any atom is 0.273 e. The first-order chi connectivity index (χ1) is 20.7. The third-order valence-electron chi connectivity index (χ3n) is 7.55. The van der Waals surface area contributed by atoms with Crippen molar-refractivity contribution in [2.24, 2.45) is 5.16 Å². The lowest BCUT2D eigenvalue weighted by molar-refractivity contribution is -0.407. The van der Waals surface area contributed by atoms with Gasteiger partial charge in [-0.3, -0.25) is 0 Å². The molecule has 7 nitrogen and oxygen atoms in total. The zero-order chi connectivity index (χ0) is 28.6. The van der Waals surface area contributed by atoms with Crippen LogP contribution in [0.25, 0.3) is 0 Å². The summed E-state index contributed by atoms with van der Waals surface area (Å²) in [6.07, 6.45) is -2.36. The van der Waals surface area contributed by atoms with E-state index < -0.39 is 30.4 Å². The van der Waals surface area contributed by atoms with Gasteiger partial charge in [0.05, 0.1) is 32.0 Å². The topological polar surface area (TPSA) is 67.7 Å². The second-order valence-corrected chi connectivity index (χ2v) is 10.4. The predicted molar refractivity (Wildman–Crippen MR) is 158 cm³/mol. The fourth-order valence-corrected chi connectivity index (χ4v) is 5.39. The van der Waals surface area contributed by atoms with Crippen LogP contribution in [0.1, 0.15) is 28.7 Å². The van der Waals surface area contributed by atoms with Gasteiger partial charge in [0.1, 0.15) is 12.2 Å². The molecule has 0 bridgehead atoms. The van der Waals surface area contributed by atoms with Crippen molar-refractivity contribution in [1.82, 2.24) is 0 Å². The van der Waals surface area contributed by atoms with Gasteiger partial charge < -0.3 is 28.5 Å². The predicted octanol–water partition coefficient (Wildman–Crippen LogP) is 6.27. The van der Waals surface area contributed by atoms with Crippen LogP contribution < -0.4 is 0 Å². The summed E-state index contributed by atoms with van der Waals surface area (Å²) < 4.78 is 32.4. The third-order valence-corrected chi connectivity index (χ3v) is 7.55. The number of hydrogen-bond donors (Lipinski definition) is 0. The molecule has 2 aliphatic rings. The van der Waals surface area contributed by atoms with E-state index in [-0.39, 0.29) is 0 Å². The molecule has 1 spiro atoms. The van der Waals surface area contributed by atoms with E-state index in [1.165, 1.54) is 0 Å². The van der Waals surface area contributed by atoms with Crippen molar-refractivity contribution in [2.75, 3.05) is 7.11 Å². The maximum atomic E-state index is 6.69. The molecular formula is C35H35NO6. The van der Waals surface area contributed by atoms with Gasteiger partial charge >= 0.3 is 0 Å². The largest absolute Gasteiger partial charge is 0.368 e. The van der Waals surface area contributed by atoms with E-state index >= 15 is 0 Å². The van der Waals surface area contributed by atoms with Gasteiger partial charge in [0, 0.05) is 7.11 Å². The summed E-state index contributed by atoms with van der Waals surface area (Å²) in [5.41, 5.74) is 4.81. The van der Waals surface area contributed by atoms with Gasteiger partial charge in [-0.1, -0.05) is 126 Å². The lowest BCUT2D eigenvalue weighted by Crippen LogP contribution is -2.66. The number of ether oxygens (including phenoxy) is 5. The van der Waals surface area contributed by atoms with Crippen molar-refractivity contribution < 1.29 is 28.5 Å². The molecule has 0 radical (unpaired) electrons. The van der Waals surface area contributed by atoms with Gasteiger partial charge in [0.2, 0.25) is 0 Å². The first-order valence-electron chi connectivity index (χ1n) is 14.2. The summed E-state index contributed by atoms with van der Waals surface area (Å²) in [6, 6.07) is 40.0. The van der Waals surface area contributed by atoms with Crippen molar-refractivity contribution in [2.45, 2.75) is 56.6 Å². The van der Waals surface area contributed by atoms with Gasteiger partial charge in [-0.25, -0.2) is 0 Å². The number of hydrogen-bond acceptors (Lipinski definition) is 7. The molecule has 4 aromatic carbocycles. The molecule has 0 unspecified atom stereocenters. The smallest absolute Gasteiger partial charge is 0.273 e. The molecule has 1 saturated heterocycles. The first kappa shape index (κ1) is 28.3. The van der Waals surface area contributed by atoms with E-state index in [1.54, 1.807) is 7.11 Å². The SMILES string of the molecule is CO[C@H]1O[C@@]2(CC(c3ccccc3)=NO2)[C@@H](OCc2ccccc2)[C@H](OCc2ccccc2)[C@H]1OCc1ccccc1. The Balaban J connectivity index is 1.34. The molecule has 0 N–H and O–H groups in total. The molecule has 0 amide bonds. The molecule has 0 aromatic heterocycles. The molecule has 216 valence electrons. The van der Waals surface area contributed by atoms with E-state index in [9.17, 15) is 0 Å². The van der Waals surface area contributed by atoms with E-state index in [2.05, 4.69) is 5.16 Å². The molecule has 42 heavy (non-hydrogen) atoms. The number of oxime groups is 1. The van der Waals surface area contributed by atoms with Gasteiger partial charge in [-0.2, -0.15) is 0 Å². The van der Waals surface area contributed by atoms with Crippen molar-refractivity contribution in [3.8, 4) is 0 Å². The summed E-state index contributed by atoms with van der Waals surface area (Å²) in [4.78, 5) is 6.20. The van der Waals surface area contributed by atoms with Gasteiger partial charge in [0.25, 0.3) is 5.79 Å². The highest BCUT2D eigenvalue weighted by atomic mass is 16.8. The second-order valence-electron chi connectivity index (χ2n) is 10.4. The Morgan fingerprint density at radius 2 is 1.12 bits per heavy atom. The standard InChI is InChI=1S/C35H35NO6/c1-37-34-32(39-24-27-16-8-3-9-17-27)31(38-23-26-14-6-2-7-15-26)33(40-25-28-18-10-4-11-19-28)35(41-34)22-30(36-42-35)29-20-12-5-13-21-29/h2-21,31-34H,22-25H2,1H3/t31-,32-,33+,34+,35-/m1/s1. The van der Waals surface area contributed by atoms with Gasteiger partial charge in [-0.05, 0) is 22.3 Å². The minimum Gasteiger partial charge on any atom is -0.368 e. The molecule has 0 aliphatic carbocycles. The minimum absolute atomic E-state index is 0.328. The molecular weight excluding hydrogens is 530 g/mol. The Morgan fingerprint density at radius 3 is 1.64 bits per heavy atom. The average Bonchev–Trinajstić information content (AvgIpc) is 3.48. The Kier molecular flexibility index (Phi) is 9.03. The quantitative estimate of drug-likeness (QED) is 0.214. The normalized spacial score (nSPS) is 25.2. The number of benzene rings is 4. The third kappa shape index (κ3) is 6.46. The Labute approximate surface area is 246 Å². The van der Waals surface area contributed by atoms with Crippen LogP contribution in [0.4, 0.5) is 0 Å². The van der Waals surface area contributed by atoms with Crippen LogP contribution in [0.3, 0.4) is 0 Å². The zero-order valence-electron chi connectivity index (χ0n) is 23.6. The van der Waals surface area contributed by atoms with E-state index in [1.807, 2.05) is 121 Å². The van der Waals surface area contributed by atoms with E-state index in [0.717, 1.165) is 28.0 Å². The number of methoxy groups -OCH3 is 1. The molecule has 1 fully saturated rings. The van der Waals surface area contributed by atoms with Gasteiger partial charge in [-0.15, -0.1) is 0 Å². The summed E-state index contributed by atoms with van der Waals surface area (Å²) in [6.45, 7) is 1.03. The maximum absolute atomic E-state index is 6.69. The highest BCUT2D eigenvalue weighted by molar-refractivity contribution is 6.01. The van der Waals surface area contributed by atoms with E-state index in [0.29, 0.717) is 26.2 Å². The highest BCUT2D eigenvalue weighted by Crippen LogP contribution is 2.43. The molecule has 0 saturated carbocycles. The van der Waals surface area contributed by atoms with Crippen LogP contribution in [-0.2, 0) is 48.3 Å². The lowest BCUT2D eigenvalue weighted by atomic mass is 9.90. The molecule has 7 heteroatoms. The van der Waals surface area contributed by atoms with Crippen LogP contribution in [0.15, 0.2) is 126 Å². The highest BCUT2D eigenvalue weighted by Gasteiger charge is 2.61. The fourth-order valence-electron chi connectivity index (χ4n) is 5.39. The van der Waals surface area contributed by atoms with Gasteiger partial charge in [0.15, 0.2) is 12.4 Å². The number of rotatable bonds is 11. The van der Waals surface area contributed by atoms with Crippen LogP contribution in [0.2, 0.25) is 0 Å². The van der Waals surface area contributed by atoms with Crippen LogP contribution in [0.5, 0.6) is 0 Å². The zero-order valence-corrected chi connectivity index (χ0v) is 23.6. The molecule has 5 atom stereocenters. The Hall–Kier alpha value is -3.85. The number of nitrogens with zero attached hydrogens (tertiary/aromatic N) is 1. The first-order valence-corrected chi connectivity index (χ1v) is 14.2. The molecule has 4 aromatic rings. The molecule has 6 rings (SSSR count). The van der Waals surface area contributed by atoms with Crippen molar-refractivity contribution in [1.29, 1.82) is 0 Å². The van der Waals surface area contributed by atoms with Crippen LogP contribution in [0, 0.1) is 0 Å². The molecule has 2 aliphatic heterocycles. The van der Waals surface area contributed by atoms with E-state index in [4.69, 9.17) is 28.5 Å². The summed E-state index contributed by atoms with van der Waals surface area (Å²) >= 11 is 0.